The zero-order chi connectivity index (χ0) is 23.3. The highest BCUT2D eigenvalue weighted by Crippen LogP contribution is 2.40. The van der Waals surface area contributed by atoms with Gasteiger partial charge in [0.15, 0.2) is 11.6 Å². The molecule has 0 spiro atoms. The zero-order valence-corrected chi connectivity index (χ0v) is 19.3. The van der Waals surface area contributed by atoms with Crippen LogP contribution in [0.4, 0.5) is 23.4 Å². The van der Waals surface area contributed by atoms with Crippen molar-refractivity contribution >= 4 is 34.8 Å². The Morgan fingerprint density at radius 2 is 2.21 bits per heavy atom. The summed E-state index contributed by atoms with van der Waals surface area (Å²) in [6, 6.07) is 7.75. The molecule has 4 aromatic heterocycles. The molecule has 0 bridgehead atoms. The van der Waals surface area contributed by atoms with Crippen molar-refractivity contribution < 1.29 is 4.79 Å². The third-order valence-corrected chi connectivity index (χ3v) is 6.87. The normalized spacial score (nSPS) is 20.2. The third-order valence-electron chi connectivity index (χ3n) is 6.87. The summed E-state index contributed by atoms with van der Waals surface area (Å²) in [5.41, 5.74) is 1.21. The topological polar surface area (TPSA) is 121 Å². The van der Waals surface area contributed by atoms with Gasteiger partial charge in [-0.15, -0.1) is 5.10 Å². The number of fused-ring (bicyclic) bond motifs is 1. The monoisotopic (exact) mass is 460 g/mol. The summed E-state index contributed by atoms with van der Waals surface area (Å²) in [5.74, 6) is 3.07. The van der Waals surface area contributed by atoms with E-state index in [2.05, 4.69) is 25.9 Å². The van der Waals surface area contributed by atoms with Gasteiger partial charge in [0, 0.05) is 43.0 Å². The lowest BCUT2D eigenvalue weighted by Crippen LogP contribution is -2.52. The second kappa shape index (κ2) is 7.86. The van der Waals surface area contributed by atoms with Gasteiger partial charge in [-0.1, -0.05) is 0 Å². The molecule has 1 aliphatic carbocycles. The number of rotatable bonds is 7. The minimum atomic E-state index is -0.785. The number of hydrogen-bond donors (Lipinski definition) is 3. The van der Waals surface area contributed by atoms with Crippen molar-refractivity contribution in [3.8, 4) is 0 Å². The first kappa shape index (κ1) is 20.7. The van der Waals surface area contributed by atoms with Crippen LogP contribution in [0, 0.1) is 0 Å². The lowest BCUT2D eigenvalue weighted by Gasteiger charge is -2.34. The number of amides is 1. The van der Waals surface area contributed by atoms with Gasteiger partial charge >= 0.3 is 0 Å². The van der Waals surface area contributed by atoms with Crippen LogP contribution in [0.25, 0.3) is 5.52 Å². The van der Waals surface area contributed by atoms with Crippen molar-refractivity contribution in [2.75, 3.05) is 22.1 Å². The van der Waals surface area contributed by atoms with Gasteiger partial charge in [-0.05, 0) is 51.7 Å². The van der Waals surface area contributed by atoms with Crippen LogP contribution < -0.4 is 15.5 Å². The number of carbonyl (C=O) groups excluding carboxylic acids is 1. The summed E-state index contributed by atoms with van der Waals surface area (Å²) in [5, 5.41) is 22.9. The van der Waals surface area contributed by atoms with E-state index in [1.807, 2.05) is 49.2 Å². The van der Waals surface area contributed by atoms with Crippen molar-refractivity contribution in [2.45, 2.75) is 57.5 Å². The van der Waals surface area contributed by atoms with Gasteiger partial charge in [0.1, 0.15) is 16.9 Å². The van der Waals surface area contributed by atoms with Gasteiger partial charge in [0.2, 0.25) is 5.95 Å². The molecule has 1 saturated heterocycles. The summed E-state index contributed by atoms with van der Waals surface area (Å²) < 4.78 is 3.56. The molecular formula is C23H28N10O. The van der Waals surface area contributed by atoms with Gasteiger partial charge < -0.3 is 15.5 Å². The molecule has 176 valence electrons. The van der Waals surface area contributed by atoms with Crippen LogP contribution in [-0.4, -0.2) is 52.6 Å². The van der Waals surface area contributed by atoms with Crippen LogP contribution in [0.5, 0.6) is 0 Å². The van der Waals surface area contributed by atoms with Gasteiger partial charge in [0.25, 0.3) is 5.91 Å². The minimum absolute atomic E-state index is 0.0905. The molecule has 5 heterocycles. The average molecular weight is 461 g/mol. The minimum Gasteiger partial charge on any atom is -0.325 e. The maximum absolute atomic E-state index is 13.5. The van der Waals surface area contributed by atoms with E-state index in [-0.39, 0.29) is 5.91 Å². The van der Waals surface area contributed by atoms with Crippen LogP contribution in [0.15, 0.2) is 36.7 Å². The molecular weight excluding hydrogens is 432 g/mol. The van der Waals surface area contributed by atoms with Crippen molar-refractivity contribution in [1.82, 2.24) is 34.6 Å². The summed E-state index contributed by atoms with van der Waals surface area (Å²) in [6.07, 6.45) is 7.57. The highest BCUT2D eigenvalue weighted by Gasteiger charge is 2.45. The fourth-order valence-electron chi connectivity index (χ4n) is 4.72. The molecule has 1 saturated carbocycles. The fraction of sp³-hybridized carbons (Fsp3) is 0.435. The Balaban J connectivity index is 1.31. The number of nitrogens with zero attached hydrogens (tertiary/aromatic N) is 7. The molecule has 0 aromatic carbocycles. The number of H-pyrrole nitrogens is 1. The lowest BCUT2D eigenvalue weighted by atomic mass is 9.98. The van der Waals surface area contributed by atoms with E-state index in [1.165, 1.54) is 12.8 Å². The smallest absolute Gasteiger partial charge is 0.251 e. The van der Waals surface area contributed by atoms with Gasteiger partial charge in [0.05, 0.1) is 6.20 Å². The highest BCUT2D eigenvalue weighted by molar-refractivity contribution is 5.99. The number of nitrogens with one attached hydrogen (secondary N) is 3. The Kier molecular flexibility index (Phi) is 4.78. The van der Waals surface area contributed by atoms with Crippen LogP contribution in [0.1, 0.15) is 51.1 Å². The Bertz CT molecular complexity index is 1350. The summed E-state index contributed by atoms with van der Waals surface area (Å²) >= 11 is 0. The molecule has 1 amide bonds. The van der Waals surface area contributed by atoms with Crippen LogP contribution in [0.2, 0.25) is 0 Å². The van der Waals surface area contributed by atoms with E-state index < -0.39 is 5.54 Å². The van der Waals surface area contributed by atoms with Crippen molar-refractivity contribution in [2.24, 2.45) is 0 Å². The standard InChI is InChI=1S/C23H28N10O/c1-3-32-19(9-11-24-32)26-21(34)23(2)10-5-12-31(23)22-27-20(17-6-4-13-33(17)30-22)25-18-14-16(28-29-18)15-7-8-15/h4,6,9,11,13-15H,3,5,7-8,10,12H2,1-2H3,(H,26,34)(H2,25,27,28,29,30)/t23-/m0/s1. The van der Waals surface area contributed by atoms with Gasteiger partial charge in [-0.3, -0.25) is 9.89 Å². The Hall–Kier alpha value is -3.89. The third kappa shape index (κ3) is 3.47. The summed E-state index contributed by atoms with van der Waals surface area (Å²) in [4.78, 5) is 20.3. The Labute approximate surface area is 196 Å². The average Bonchev–Trinajstić information content (AvgIpc) is 3.23. The molecule has 11 heteroatoms. The lowest BCUT2D eigenvalue weighted by molar-refractivity contribution is -0.120. The molecule has 2 aliphatic rings. The summed E-state index contributed by atoms with van der Waals surface area (Å²) in [7, 11) is 0. The molecule has 4 aromatic rings. The quantitative estimate of drug-likeness (QED) is 0.387. The SMILES string of the molecule is CCn1nccc1NC(=O)[C@]1(C)CCCN1c1nc(Nc2cc(C3CC3)[nH]n2)c2cccn2n1. The van der Waals surface area contributed by atoms with Crippen molar-refractivity contribution in [3.05, 3.63) is 42.4 Å². The number of aromatic nitrogens is 7. The second-order valence-electron chi connectivity index (χ2n) is 9.22. The van der Waals surface area contributed by atoms with E-state index in [1.54, 1.807) is 15.4 Å². The molecule has 1 aliphatic heterocycles. The number of aromatic amines is 1. The number of hydrogen-bond acceptors (Lipinski definition) is 7. The second-order valence-corrected chi connectivity index (χ2v) is 9.22. The molecule has 3 N–H and O–H groups in total. The molecule has 11 nitrogen and oxygen atoms in total. The van der Waals surface area contributed by atoms with E-state index >= 15 is 0 Å². The van der Waals surface area contributed by atoms with Gasteiger partial charge in [-0.25, -0.2) is 9.20 Å². The molecule has 0 unspecified atom stereocenters. The first-order valence-electron chi connectivity index (χ1n) is 11.8. The van der Waals surface area contributed by atoms with E-state index in [4.69, 9.17) is 10.1 Å². The van der Waals surface area contributed by atoms with Crippen LogP contribution in [-0.2, 0) is 11.3 Å². The largest absolute Gasteiger partial charge is 0.325 e. The Morgan fingerprint density at radius 1 is 1.32 bits per heavy atom. The predicted octanol–water partition coefficient (Wildman–Crippen LogP) is 3.29. The number of carbonyl (C=O) groups is 1. The molecule has 2 fully saturated rings. The van der Waals surface area contributed by atoms with Crippen LogP contribution >= 0.6 is 0 Å². The van der Waals surface area contributed by atoms with E-state index in [0.717, 1.165) is 23.4 Å². The predicted molar refractivity (Wildman–Crippen MR) is 128 cm³/mol. The van der Waals surface area contributed by atoms with Crippen LogP contribution in [0.3, 0.4) is 0 Å². The zero-order valence-electron chi connectivity index (χ0n) is 19.3. The molecule has 1 atom stereocenters. The summed E-state index contributed by atoms with van der Waals surface area (Å²) in [6.45, 7) is 5.32. The fourth-order valence-corrected chi connectivity index (χ4v) is 4.72. The molecule has 6 rings (SSSR count). The Morgan fingerprint density at radius 3 is 3.03 bits per heavy atom. The van der Waals surface area contributed by atoms with E-state index in [0.29, 0.717) is 43.0 Å². The van der Waals surface area contributed by atoms with E-state index in [9.17, 15) is 4.79 Å². The first-order valence-corrected chi connectivity index (χ1v) is 11.8. The van der Waals surface area contributed by atoms with Crippen molar-refractivity contribution in [1.29, 1.82) is 0 Å². The molecule has 0 radical (unpaired) electrons. The first-order chi connectivity index (χ1) is 16.5. The van der Waals surface area contributed by atoms with Gasteiger partial charge in [-0.2, -0.15) is 15.2 Å². The molecule has 34 heavy (non-hydrogen) atoms. The number of aryl methyl sites for hydroxylation is 1. The highest BCUT2D eigenvalue weighted by atomic mass is 16.2. The number of anilines is 4. The van der Waals surface area contributed by atoms with Crippen molar-refractivity contribution in [3.63, 3.8) is 0 Å². The maximum Gasteiger partial charge on any atom is 0.251 e. The maximum atomic E-state index is 13.5.